The number of hydrogen-bond acceptors (Lipinski definition) is 6. The molecule has 21 heavy (non-hydrogen) atoms. The molecule has 0 amide bonds. The number of ether oxygens (including phenoxy) is 3. The lowest BCUT2D eigenvalue weighted by molar-refractivity contribution is -0.142. The van der Waals surface area contributed by atoms with E-state index in [1.165, 1.54) is 12.0 Å². The number of hydrogen-bond donors (Lipinski definition) is 2. The molecular formula is C13H17NO7. The van der Waals surface area contributed by atoms with Crippen molar-refractivity contribution in [1.82, 2.24) is 0 Å². The molecule has 0 aromatic heterocycles. The molecule has 0 bridgehead atoms. The summed E-state index contributed by atoms with van der Waals surface area (Å²) < 4.78 is 15.2. The lowest BCUT2D eigenvalue weighted by Gasteiger charge is -2.25. The average Bonchev–Trinajstić information content (AvgIpc) is 2.45. The molecule has 0 saturated carbocycles. The van der Waals surface area contributed by atoms with Gasteiger partial charge in [-0.05, 0) is 12.1 Å². The molecule has 1 aromatic rings. The van der Waals surface area contributed by atoms with Crippen LogP contribution in [0, 0.1) is 0 Å². The van der Waals surface area contributed by atoms with Gasteiger partial charge in [-0.1, -0.05) is 12.1 Å². The maximum atomic E-state index is 10.5. The van der Waals surface area contributed by atoms with Gasteiger partial charge in [0.25, 0.3) is 0 Å². The number of benzene rings is 1. The van der Waals surface area contributed by atoms with Crippen LogP contribution in [-0.2, 0) is 19.1 Å². The van der Waals surface area contributed by atoms with Gasteiger partial charge in [0.15, 0.2) is 0 Å². The molecule has 8 nitrogen and oxygen atoms in total. The standard InChI is InChI=1S/C13H17NO7/c1-19-11-5-3-2-4-10(11)14(8-20-6-12(15)16)9-21-7-13(17)18/h2-5H,6-9H2,1H3,(H,15,16)(H,17,18). The topological polar surface area (TPSA) is 106 Å². The van der Waals surface area contributed by atoms with Crippen molar-refractivity contribution in [1.29, 1.82) is 0 Å². The Kier molecular flexibility index (Phi) is 6.99. The van der Waals surface area contributed by atoms with Crippen LogP contribution < -0.4 is 9.64 Å². The summed E-state index contributed by atoms with van der Waals surface area (Å²) in [5.41, 5.74) is 0.607. The smallest absolute Gasteiger partial charge is 0.329 e. The van der Waals surface area contributed by atoms with Crippen LogP contribution in [0.5, 0.6) is 5.75 Å². The van der Waals surface area contributed by atoms with Gasteiger partial charge in [0.1, 0.15) is 32.4 Å². The van der Waals surface area contributed by atoms with Crippen LogP contribution in [0.2, 0.25) is 0 Å². The first kappa shape index (κ1) is 16.7. The third-order valence-corrected chi connectivity index (χ3v) is 2.37. The summed E-state index contributed by atoms with van der Waals surface area (Å²) in [7, 11) is 1.49. The molecule has 0 saturated heterocycles. The van der Waals surface area contributed by atoms with Gasteiger partial charge in [0.05, 0.1) is 12.8 Å². The lowest BCUT2D eigenvalue weighted by Crippen LogP contribution is -2.31. The first-order valence-electron chi connectivity index (χ1n) is 6.01. The van der Waals surface area contributed by atoms with E-state index in [1.54, 1.807) is 24.3 Å². The van der Waals surface area contributed by atoms with Crippen LogP contribution in [-0.4, -0.2) is 55.9 Å². The molecule has 0 aliphatic carbocycles. The highest BCUT2D eigenvalue weighted by molar-refractivity contribution is 5.68. The van der Waals surface area contributed by atoms with Crippen molar-refractivity contribution >= 4 is 17.6 Å². The highest BCUT2D eigenvalue weighted by Gasteiger charge is 2.13. The highest BCUT2D eigenvalue weighted by Crippen LogP contribution is 2.27. The van der Waals surface area contributed by atoms with Crippen LogP contribution in [0.15, 0.2) is 24.3 Å². The summed E-state index contributed by atoms with van der Waals surface area (Å²) in [5, 5.41) is 17.1. The average molecular weight is 299 g/mol. The number of para-hydroxylation sites is 2. The van der Waals surface area contributed by atoms with Crippen molar-refractivity contribution in [2.24, 2.45) is 0 Å². The molecular weight excluding hydrogens is 282 g/mol. The van der Waals surface area contributed by atoms with Crippen LogP contribution in [0.4, 0.5) is 5.69 Å². The van der Waals surface area contributed by atoms with Gasteiger partial charge in [0, 0.05) is 0 Å². The minimum Gasteiger partial charge on any atom is -0.495 e. The summed E-state index contributed by atoms with van der Waals surface area (Å²) in [6, 6.07) is 6.99. The number of carbonyl (C=O) groups is 2. The number of carboxylic acids is 2. The van der Waals surface area contributed by atoms with Gasteiger partial charge < -0.3 is 29.3 Å². The summed E-state index contributed by atoms with van der Waals surface area (Å²) >= 11 is 0. The summed E-state index contributed by atoms with van der Waals surface area (Å²) in [5.74, 6) is -1.65. The van der Waals surface area contributed by atoms with E-state index in [2.05, 4.69) is 0 Å². The molecule has 1 aromatic carbocycles. The Morgan fingerprint density at radius 3 is 2.05 bits per heavy atom. The van der Waals surface area contributed by atoms with Gasteiger partial charge in [-0.15, -0.1) is 0 Å². The van der Waals surface area contributed by atoms with Crippen molar-refractivity contribution < 1.29 is 34.0 Å². The fourth-order valence-electron chi connectivity index (χ4n) is 1.55. The maximum Gasteiger partial charge on any atom is 0.329 e. The van der Waals surface area contributed by atoms with E-state index in [-0.39, 0.29) is 13.5 Å². The minimum absolute atomic E-state index is 0.0771. The summed E-state index contributed by atoms with van der Waals surface area (Å²) in [6.07, 6.45) is 0. The van der Waals surface area contributed by atoms with Crippen molar-refractivity contribution in [3.8, 4) is 5.75 Å². The van der Waals surface area contributed by atoms with E-state index in [1.807, 2.05) is 0 Å². The molecule has 0 fully saturated rings. The van der Waals surface area contributed by atoms with E-state index in [9.17, 15) is 9.59 Å². The number of rotatable bonds is 10. The van der Waals surface area contributed by atoms with Gasteiger partial charge >= 0.3 is 11.9 Å². The van der Waals surface area contributed by atoms with Crippen LogP contribution in [0.3, 0.4) is 0 Å². The molecule has 8 heteroatoms. The number of anilines is 1. The molecule has 0 unspecified atom stereocenters. The predicted molar refractivity (Wildman–Crippen MR) is 72.4 cm³/mol. The Hall–Kier alpha value is -2.32. The molecule has 1 rings (SSSR count). The number of nitrogens with zero attached hydrogens (tertiary/aromatic N) is 1. The normalized spacial score (nSPS) is 10.1. The molecule has 0 heterocycles. The minimum atomic E-state index is -1.10. The Morgan fingerprint density at radius 2 is 1.57 bits per heavy atom. The van der Waals surface area contributed by atoms with Gasteiger partial charge in [-0.2, -0.15) is 0 Å². The number of methoxy groups -OCH3 is 1. The number of carboxylic acid groups (broad SMARTS) is 2. The SMILES string of the molecule is COc1ccccc1N(COCC(=O)O)COCC(=O)O. The second-order valence-corrected chi connectivity index (χ2v) is 3.95. The maximum absolute atomic E-state index is 10.5. The van der Waals surface area contributed by atoms with Crippen LogP contribution in [0.1, 0.15) is 0 Å². The van der Waals surface area contributed by atoms with E-state index in [4.69, 9.17) is 24.4 Å². The third kappa shape index (κ3) is 6.11. The lowest BCUT2D eigenvalue weighted by atomic mass is 10.3. The van der Waals surface area contributed by atoms with Crippen molar-refractivity contribution in [2.75, 3.05) is 38.7 Å². The molecule has 0 atom stereocenters. The highest BCUT2D eigenvalue weighted by atomic mass is 16.5. The first-order chi connectivity index (χ1) is 10.0. The van der Waals surface area contributed by atoms with E-state index in [0.29, 0.717) is 11.4 Å². The van der Waals surface area contributed by atoms with E-state index < -0.39 is 25.2 Å². The van der Waals surface area contributed by atoms with E-state index in [0.717, 1.165) is 0 Å². The molecule has 0 aliphatic heterocycles. The van der Waals surface area contributed by atoms with E-state index >= 15 is 0 Å². The van der Waals surface area contributed by atoms with Gasteiger partial charge in [-0.3, -0.25) is 0 Å². The van der Waals surface area contributed by atoms with Crippen molar-refractivity contribution in [3.05, 3.63) is 24.3 Å². The summed E-state index contributed by atoms with van der Waals surface area (Å²) in [4.78, 5) is 22.5. The first-order valence-corrected chi connectivity index (χ1v) is 6.01. The fraction of sp³-hybridized carbons (Fsp3) is 0.385. The third-order valence-electron chi connectivity index (χ3n) is 2.37. The van der Waals surface area contributed by atoms with Crippen molar-refractivity contribution in [2.45, 2.75) is 0 Å². The second kappa shape index (κ2) is 8.77. The molecule has 0 aliphatic rings. The Morgan fingerprint density at radius 1 is 1.05 bits per heavy atom. The molecule has 2 N–H and O–H groups in total. The van der Waals surface area contributed by atoms with Crippen LogP contribution in [0.25, 0.3) is 0 Å². The van der Waals surface area contributed by atoms with Gasteiger partial charge in [0.2, 0.25) is 0 Å². The molecule has 0 radical (unpaired) electrons. The van der Waals surface area contributed by atoms with Gasteiger partial charge in [-0.25, -0.2) is 9.59 Å². The predicted octanol–water partition coefficient (Wildman–Crippen LogP) is 0.619. The Balaban J connectivity index is 2.73. The largest absolute Gasteiger partial charge is 0.495 e. The monoisotopic (exact) mass is 299 g/mol. The van der Waals surface area contributed by atoms with Crippen molar-refractivity contribution in [3.63, 3.8) is 0 Å². The fourth-order valence-corrected chi connectivity index (χ4v) is 1.55. The zero-order valence-corrected chi connectivity index (χ0v) is 11.5. The quantitative estimate of drug-likeness (QED) is 0.606. The Labute approximate surface area is 121 Å². The summed E-state index contributed by atoms with van der Waals surface area (Å²) in [6.45, 7) is -1.09. The second-order valence-electron chi connectivity index (χ2n) is 3.95. The molecule has 116 valence electrons. The zero-order chi connectivity index (χ0) is 15.7. The number of aliphatic carboxylic acids is 2. The van der Waals surface area contributed by atoms with Crippen LogP contribution >= 0.6 is 0 Å². The Bertz CT molecular complexity index is 457. The molecule has 0 spiro atoms. The zero-order valence-electron chi connectivity index (χ0n) is 11.5.